The smallest absolute Gasteiger partial charge is 0.460 e. The van der Waals surface area contributed by atoms with Gasteiger partial charge >= 0.3 is 29.9 Å². The van der Waals surface area contributed by atoms with Crippen LogP contribution in [0, 0.1) is 0 Å². The van der Waals surface area contributed by atoms with E-state index in [4.69, 9.17) is 0 Å². The van der Waals surface area contributed by atoms with Crippen molar-refractivity contribution in [2.24, 2.45) is 0 Å². The first-order chi connectivity index (χ1) is 10.6. The quantitative estimate of drug-likeness (QED) is 0.242. The highest BCUT2D eigenvalue weighted by molar-refractivity contribution is 5.86. The zero-order valence-electron chi connectivity index (χ0n) is 12.5. The first-order valence-corrected chi connectivity index (χ1v) is 6.60. The van der Waals surface area contributed by atoms with E-state index in [1.165, 1.54) is 6.92 Å². The van der Waals surface area contributed by atoms with E-state index in [0.717, 1.165) is 0 Å². The second-order valence-corrected chi connectivity index (χ2v) is 5.08. The third kappa shape index (κ3) is 5.04. The predicted molar refractivity (Wildman–Crippen MR) is 65.1 cm³/mol. The van der Waals surface area contributed by atoms with Gasteiger partial charge in [-0.25, -0.2) is 4.79 Å². The lowest BCUT2D eigenvalue weighted by atomic mass is 9.98. The Kier molecular flexibility index (Phi) is 7.19. The van der Waals surface area contributed by atoms with E-state index in [2.05, 4.69) is 11.3 Å². The lowest BCUT2D eigenvalue weighted by Crippen LogP contribution is -2.60. The van der Waals surface area contributed by atoms with Gasteiger partial charge in [0.25, 0.3) is 0 Å². The number of ether oxygens (including phenoxy) is 1. The van der Waals surface area contributed by atoms with Crippen molar-refractivity contribution in [2.45, 2.75) is 56.6 Å². The average Bonchev–Trinajstić information content (AvgIpc) is 2.40. The molecule has 2 nitrogen and oxygen atoms in total. The van der Waals surface area contributed by atoms with Crippen molar-refractivity contribution >= 4 is 5.97 Å². The van der Waals surface area contributed by atoms with Gasteiger partial charge in [0.1, 0.15) is 0 Å². The van der Waals surface area contributed by atoms with Crippen molar-refractivity contribution in [3.63, 3.8) is 0 Å². The summed E-state index contributed by atoms with van der Waals surface area (Å²) in [6.45, 7) is 4.33. The van der Waals surface area contributed by atoms with Crippen LogP contribution >= 0.6 is 0 Å². The maximum atomic E-state index is 13.1. The molecular formula is C13H15F9O2. The molecule has 0 spiro atoms. The fourth-order valence-electron chi connectivity index (χ4n) is 1.48. The van der Waals surface area contributed by atoms with Crippen LogP contribution in [-0.4, -0.2) is 36.5 Å². The molecule has 0 saturated heterocycles. The Morgan fingerprint density at radius 2 is 1.38 bits per heavy atom. The molecule has 0 fully saturated rings. The van der Waals surface area contributed by atoms with Crippen molar-refractivity contribution in [1.82, 2.24) is 0 Å². The van der Waals surface area contributed by atoms with Crippen molar-refractivity contribution in [3.8, 4) is 0 Å². The minimum Gasteiger partial charge on any atom is -0.462 e. The van der Waals surface area contributed by atoms with E-state index in [-0.39, 0.29) is 25.0 Å². The molecule has 0 aliphatic carbocycles. The SMILES string of the molecule is C=C(C)C(=O)OCCCCCC(F)(F)C(F)(F)C(F)(F)C(F)(F)F. The Morgan fingerprint density at radius 3 is 1.79 bits per heavy atom. The number of hydrogen-bond donors (Lipinski definition) is 0. The molecule has 0 unspecified atom stereocenters. The molecule has 0 bridgehead atoms. The summed E-state index contributed by atoms with van der Waals surface area (Å²) in [5, 5.41) is 0. The Bertz CT molecular complexity index is 455. The summed E-state index contributed by atoms with van der Waals surface area (Å²) in [7, 11) is 0. The number of esters is 1. The van der Waals surface area contributed by atoms with E-state index in [0.29, 0.717) is 0 Å². The van der Waals surface area contributed by atoms with Crippen molar-refractivity contribution in [3.05, 3.63) is 12.2 Å². The van der Waals surface area contributed by atoms with Crippen LogP contribution in [0.3, 0.4) is 0 Å². The second kappa shape index (κ2) is 7.64. The summed E-state index contributed by atoms with van der Waals surface area (Å²) >= 11 is 0. The lowest BCUT2D eigenvalue weighted by molar-refractivity contribution is -0.396. The van der Waals surface area contributed by atoms with E-state index in [9.17, 15) is 44.3 Å². The van der Waals surface area contributed by atoms with Crippen molar-refractivity contribution < 1.29 is 49.0 Å². The van der Waals surface area contributed by atoms with Crippen molar-refractivity contribution in [1.29, 1.82) is 0 Å². The monoisotopic (exact) mass is 374 g/mol. The number of rotatable bonds is 9. The highest BCUT2D eigenvalue weighted by atomic mass is 19.4. The number of carbonyl (C=O) groups excluding carboxylic acids is 1. The lowest BCUT2D eigenvalue weighted by Gasteiger charge is -2.33. The third-order valence-electron chi connectivity index (χ3n) is 2.93. The van der Waals surface area contributed by atoms with Crippen LogP contribution in [0.25, 0.3) is 0 Å². The van der Waals surface area contributed by atoms with Gasteiger partial charge in [-0.15, -0.1) is 0 Å². The Hall–Kier alpha value is -1.42. The molecule has 0 saturated carbocycles. The minimum atomic E-state index is -6.86. The van der Waals surface area contributed by atoms with Crippen LogP contribution < -0.4 is 0 Å². The average molecular weight is 374 g/mol. The van der Waals surface area contributed by atoms with Gasteiger partial charge in [-0.1, -0.05) is 6.58 Å². The molecule has 0 rings (SSSR count). The molecule has 0 amide bonds. The highest BCUT2D eigenvalue weighted by Crippen LogP contribution is 2.54. The van der Waals surface area contributed by atoms with Crippen LogP contribution in [0.5, 0.6) is 0 Å². The topological polar surface area (TPSA) is 26.3 Å². The first kappa shape index (κ1) is 22.6. The zero-order valence-corrected chi connectivity index (χ0v) is 12.5. The summed E-state index contributed by atoms with van der Waals surface area (Å²) in [5.41, 5.74) is 0.0653. The molecule has 0 N–H and O–H groups in total. The van der Waals surface area contributed by atoms with Crippen LogP contribution in [0.1, 0.15) is 32.6 Å². The number of halogens is 9. The zero-order chi connectivity index (χ0) is 19.4. The van der Waals surface area contributed by atoms with E-state index in [1.807, 2.05) is 0 Å². The molecule has 0 radical (unpaired) electrons. The van der Waals surface area contributed by atoms with Gasteiger partial charge in [0.2, 0.25) is 0 Å². The summed E-state index contributed by atoms with van der Waals surface area (Å²) in [6.07, 6.45) is -9.75. The van der Waals surface area contributed by atoms with Gasteiger partial charge in [0.15, 0.2) is 0 Å². The van der Waals surface area contributed by atoms with Gasteiger partial charge in [0, 0.05) is 12.0 Å². The van der Waals surface area contributed by atoms with Crippen molar-refractivity contribution in [2.75, 3.05) is 6.61 Å². The normalized spacial score (nSPS) is 13.8. The van der Waals surface area contributed by atoms with Crippen LogP contribution in [0.2, 0.25) is 0 Å². The summed E-state index contributed by atoms with van der Waals surface area (Å²) in [5.74, 6) is -19.8. The maximum Gasteiger partial charge on any atom is 0.460 e. The van der Waals surface area contributed by atoms with Crippen LogP contribution in [0.4, 0.5) is 39.5 Å². The third-order valence-corrected chi connectivity index (χ3v) is 2.93. The molecule has 0 aliphatic rings. The molecule has 11 heteroatoms. The molecule has 24 heavy (non-hydrogen) atoms. The molecule has 142 valence electrons. The first-order valence-electron chi connectivity index (χ1n) is 6.60. The standard InChI is InChI=1S/C13H15F9O2/c1-8(2)9(23)24-7-5-3-4-6-10(14,15)11(16,17)12(18,19)13(20,21)22/h1,3-7H2,2H3. The fraction of sp³-hybridized carbons (Fsp3) is 0.769. The summed E-state index contributed by atoms with van der Waals surface area (Å²) in [6, 6.07) is 0. The number of unbranched alkanes of at least 4 members (excludes halogenated alkanes) is 2. The summed E-state index contributed by atoms with van der Waals surface area (Å²) < 4.78 is 118. The molecule has 0 aromatic rings. The largest absolute Gasteiger partial charge is 0.462 e. The highest BCUT2D eigenvalue weighted by Gasteiger charge is 2.81. The number of alkyl halides is 9. The van der Waals surface area contributed by atoms with Gasteiger partial charge < -0.3 is 4.74 Å². The van der Waals surface area contributed by atoms with Gasteiger partial charge in [-0.2, -0.15) is 39.5 Å². The van der Waals surface area contributed by atoms with E-state index < -0.39 is 42.8 Å². The second-order valence-electron chi connectivity index (χ2n) is 5.08. The van der Waals surface area contributed by atoms with E-state index >= 15 is 0 Å². The Labute approximate surface area is 131 Å². The fourth-order valence-corrected chi connectivity index (χ4v) is 1.48. The molecule has 0 atom stereocenters. The maximum absolute atomic E-state index is 13.1. The van der Waals surface area contributed by atoms with Gasteiger partial charge in [0.05, 0.1) is 6.61 Å². The van der Waals surface area contributed by atoms with E-state index in [1.54, 1.807) is 0 Å². The minimum absolute atomic E-state index is 0.0592. The summed E-state index contributed by atoms with van der Waals surface area (Å²) in [4.78, 5) is 10.9. The number of hydrogen-bond acceptors (Lipinski definition) is 2. The Morgan fingerprint density at radius 1 is 0.875 bits per heavy atom. The number of carbonyl (C=O) groups is 1. The van der Waals surface area contributed by atoms with Crippen LogP contribution in [0.15, 0.2) is 12.2 Å². The predicted octanol–water partition coefficient (Wildman–Crippen LogP) is 5.13. The molecule has 0 aliphatic heterocycles. The Balaban J connectivity index is 4.54. The van der Waals surface area contributed by atoms with Crippen LogP contribution in [-0.2, 0) is 9.53 Å². The molecule has 0 heterocycles. The van der Waals surface area contributed by atoms with Gasteiger partial charge in [-0.3, -0.25) is 0 Å². The molecule has 0 aromatic heterocycles. The molecular weight excluding hydrogens is 359 g/mol. The van der Waals surface area contributed by atoms with Gasteiger partial charge in [-0.05, 0) is 26.2 Å². The molecule has 0 aromatic carbocycles.